The molecule has 5 rings (SSSR count). The van der Waals surface area contributed by atoms with Crippen LogP contribution in [0.2, 0.25) is 0 Å². The van der Waals surface area contributed by atoms with Crippen molar-refractivity contribution < 1.29 is 9.53 Å². The Kier molecular flexibility index (Phi) is 6.80. The van der Waals surface area contributed by atoms with E-state index in [9.17, 15) is 9.59 Å². The van der Waals surface area contributed by atoms with Gasteiger partial charge in [0.2, 0.25) is 0 Å². The van der Waals surface area contributed by atoms with E-state index in [4.69, 9.17) is 4.74 Å². The highest BCUT2D eigenvalue weighted by molar-refractivity contribution is 5.94. The molecule has 1 amide bonds. The molecule has 0 aliphatic rings. The molecule has 0 radical (unpaired) electrons. The maximum absolute atomic E-state index is 13.2. The zero-order chi connectivity index (χ0) is 24.9. The van der Waals surface area contributed by atoms with E-state index >= 15 is 0 Å². The van der Waals surface area contributed by atoms with E-state index in [1.54, 1.807) is 22.9 Å². The number of hydrogen-bond acceptors (Lipinski definition) is 4. The number of aromatic nitrogens is 3. The third kappa shape index (κ3) is 4.86. The highest BCUT2D eigenvalue weighted by Gasteiger charge is 2.13. The number of carbonyl (C=O) groups excluding carboxylic acids is 1. The van der Waals surface area contributed by atoms with Gasteiger partial charge >= 0.3 is 0 Å². The van der Waals surface area contributed by atoms with Crippen molar-refractivity contribution >= 4 is 22.6 Å². The summed E-state index contributed by atoms with van der Waals surface area (Å²) in [5.41, 5.74) is 4.31. The van der Waals surface area contributed by atoms with Crippen LogP contribution < -0.4 is 15.6 Å². The molecule has 7 nitrogen and oxygen atoms in total. The standard InChI is InChI=1S/C29H28N4O3/c1-2-3-17-36-24-13-11-21(12-14-24)19-31-28(34)23-8-4-7-22(18-23)20-33-27-25(9-5-15-30-27)32-16-6-10-26(32)29(33)35/h4-16,18H,2-3,17,19-20H2,1H3,(H,31,34). The van der Waals surface area contributed by atoms with E-state index in [1.807, 2.05) is 71.3 Å². The maximum Gasteiger partial charge on any atom is 0.276 e. The van der Waals surface area contributed by atoms with Gasteiger partial charge in [-0.05, 0) is 66.1 Å². The van der Waals surface area contributed by atoms with Crippen molar-refractivity contribution in [3.8, 4) is 5.75 Å². The quantitative estimate of drug-likeness (QED) is 0.307. The normalized spacial score (nSPS) is 11.1. The highest BCUT2D eigenvalue weighted by atomic mass is 16.5. The molecule has 7 heteroatoms. The first-order chi connectivity index (χ1) is 17.6. The van der Waals surface area contributed by atoms with Crippen molar-refractivity contribution in [2.24, 2.45) is 0 Å². The number of nitrogens with one attached hydrogen (secondary N) is 1. The topological polar surface area (TPSA) is 77.6 Å². The van der Waals surface area contributed by atoms with Gasteiger partial charge in [0.15, 0.2) is 5.65 Å². The minimum Gasteiger partial charge on any atom is -0.494 e. The Hall–Kier alpha value is -4.39. The minimum atomic E-state index is -0.169. The number of unbranched alkanes of at least 4 members (excludes halogenated alkanes) is 1. The van der Waals surface area contributed by atoms with Gasteiger partial charge in [-0.15, -0.1) is 0 Å². The lowest BCUT2D eigenvalue weighted by atomic mass is 10.1. The van der Waals surface area contributed by atoms with E-state index in [0.29, 0.717) is 36.4 Å². The van der Waals surface area contributed by atoms with Crippen LogP contribution in [-0.2, 0) is 13.1 Å². The summed E-state index contributed by atoms with van der Waals surface area (Å²) in [5, 5.41) is 2.98. The average molecular weight is 481 g/mol. The lowest BCUT2D eigenvalue weighted by Crippen LogP contribution is -2.25. The summed E-state index contributed by atoms with van der Waals surface area (Å²) >= 11 is 0. The number of fused-ring (bicyclic) bond motifs is 3. The minimum absolute atomic E-state index is 0.122. The molecule has 0 atom stereocenters. The van der Waals surface area contributed by atoms with Crippen LogP contribution in [0.1, 0.15) is 41.3 Å². The van der Waals surface area contributed by atoms with Crippen LogP contribution in [0.25, 0.3) is 16.7 Å². The number of rotatable bonds is 9. The molecule has 0 fully saturated rings. The molecule has 0 unspecified atom stereocenters. The van der Waals surface area contributed by atoms with E-state index < -0.39 is 0 Å². The molecular formula is C29H28N4O3. The highest BCUT2D eigenvalue weighted by Crippen LogP contribution is 2.16. The summed E-state index contributed by atoms with van der Waals surface area (Å²) in [4.78, 5) is 30.5. The van der Waals surface area contributed by atoms with Crippen molar-refractivity contribution in [3.63, 3.8) is 0 Å². The molecule has 2 aromatic carbocycles. The zero-order valence-electron chi connectivity index (χ0n) is 20.2. The van der Waals surface area contributed by atoms with E-state index in [-0.39, 0.29) is 11.5 Å². The van der Waals surface area contributed by atoms with Crippen molar-refractivity contribution in [2.75, 3.05) is 6.61 Å². The Labute approximate surface area is 209 Å². The Balaban J connectivity index is 1.31. The van der Waals surface area contributed by atoms with Gasteiger partial charge in [-0.25, -0.2) is 4.98 Å². The first-order valence-electron chi connectivity index (χ1n) is 12.2. The molecule has 0 aliphatic heterocycles. The Morgan fingerprint density at radius 1 is 0.972 bits per heavy atom. The smallest absolute Gasteiger partial charge is 0.276 e. The number of amides is 1. The van der Waals surface area contributed by atoms with Crippen LogP contribution in [0.4, 0.5) is 0 Å². The summed E-state index contributed by atoms with van der Waals surface area (Å²) in [5.74, 6) is 0.666. The maximum atomic E-state index is 13.2. The van der Waals surface area contributed by atoms with Crippen LogP contribution in [0.5, 0.6) is 5.75 Å². The second-order valence-corrected chi connectivity index (χ2v) is 8.73. The summed E-state index contributed by atoms with van der Waals surface area (Å²) in [7, 11) is 0. The largest absolute Gasteiger partial charge is 0.494 e. The molecule has 1 N–H and O–H groups in total. The number of benzene rings is 2. The van der Waals surface area contributed by atoms with E-state index in [0.717, 1.165) is 35.2 Å². The van der Waals surface area contributed by atoms with Gasteiger partial charge in [-0.2, -0.15) is 0 Å². The van der Waals surface area contributed by atoms with Crippen molar-refractivity contribution in [3.05, 3.63) is 112 Å². The van der Waals surface area contributed by atoms with E-state index in [2.05, 4.69) is 17.2 Å². The number of hydrogen-bond donors (Lipinski definition) is 1. The second kappa shape index (κ2) is 10.5. The predicted molar refractivity (Wildman–Crippen MR) is 141 cm³/mol. The van der Waals surface area contributed by atoms with Gasteiger partial charge in [0.25, 0.3) is 11.5 Å². The molecule has 0 spiro atoms. The average Bonchev–Trinajstić information content (AvgIpc) is 3.41. The van der Waals surface area contributed by atoms with Crippen LogP contribution in [0.15, 0.2) is 90.0 Å². The Morgan fingerprint density at radius 3 is 2.64 bits per heavy atom. The van der Waals surface area contributed by atoms with Crippen LogP contribution >= 0.6 is 0 Å². The third-order valence-electron chi connectivity index (χ3n) is 6.17. The molecule has 3 aromatic heterocycles. The van der Waals surface area contributed by atoms with Gasteiger partial charge in [-0.1, -0.05) is 37.6 Å². The summed E-state index contributed by atoms with van der Waals surface area (Å²) in [6, 6.07) is 22.6. The van der Waals surface area contributed by atoms with Gasteiger partial charge in [0.05, 0.1) is 18.7 Å². The van der Waals surface area contributed by atoms with Gasteiger partial charge in [-0.3, -0.25) is 14.2 Å². The molecule has 3 heterocycles. The number of ether oxygens (including phenoxy) is 1. The lowest BCUT2D eigenvalue weighted by molar-refractivity contribution is 0.0951. The van der Waals surface area contributed by atoms with Crippen molar-refractivity contribution in [1.82, 2.24) is 19.3 Å². The number of pyridine rings is 1. The fourth-order valence-electron chi connectivity index (χ4n) is 4.25. The monoisotopic (exact) mass is 480 g/mol. The van der Waals surface area contributed by atoms with E-state index in [1.165, 1.54) is 0 Å². The number of carbonyl (C=O) groups is 1. The first kappa shape index (κ1) is 23.4. The molecular weight excluding hydrogens is 452 g/mol. The van der Waals surface area contributed by atoms with Crippen LogP contribution in [0, 0.1) is 0 Å². The van der Waals surface area contributed by atoms with Gasteiger partial charge in [0.1, 0.15) is 11.3 Å². The van der Waals surface area contributed by atoms with Gasteiger partial charge < -0.3 is 14.5 Å². The number of nitrogens with zero attached hydrogens (tertiary/aromatic N) is 3. The Morgan fingerprint density at radius 2 is 1.81 bits per heavy atom. The molecule has 0 bridgehead atoms. The molecule has 5 aromatic rings. The summed E-state index contributed by atoms with van der Waals surface area (Å²) < 4.78 is 9.21. The third-order valence-corrected chi connectivity index (χ3v) is 6.17. The molecule has 0 aliphatic carbocycles. The Bertz CT molecular complexity index is 1570. The molecule has 36 heavy (non-hydrogen) atoms. The second-order valence-electron chi connectivity index (χ2n) is 8.73. The fourth-order valence-corrected chi connectivity index (χ4v) is 4.25. The van der Waals surface area contributed by atoms with Crippen LogP contribution in [-0.4, -0.2) is 26.5 Å². The first-order valence-corrected chi connectivity index (χ1v) is 12.2. The molecule has 0 saturated heterocycles. The van der Waals surface area contributed by atoms with Crippen molar-refractivity contribution in [2.45, 2.75) is 32.9 Å². The predicted octanol–water partition coefficient (Wildman–Crippen LogP) is 4.81. The molecule has 0 saturated carbocycles. The lowest BCUT2D eigenvalue weighted by Gasteiger charge is -2.13. The zero-order valence-corrected chi connectivity index (χ0v) is 20.2. The SMILES string of the molecule is CCCCOc1ccc(CNC(=O)c2cccc(Cn3c(=O)c4cccn4c4cccnc43)c2)cc1. The van der Waals surface area contributed by atoms with Crippen molar-refractivity contribution in [1.29, 1.82) is 0 Å². The summed E-state index contributed by atoms with van der Waals surface area (Å²) in [6.45, 7) is 3.57. The van der Waals surface area contributed by atoms with Gasteiger partial charge in [0, 0.05) is 24.5 Å². The summed E-state index contributed by atoms with van der Waals surface area (Å²) in [6.07, 6.45) is 5.67. The molecule has 182 valence electrons. The fraction of sp³-hybridized carbons (Fsp3) is 0.207. The van der Waals surface area contributed by atoms with Crippen LogP contribution in [0.3, 0.4) is 0 Å².